The largest absolute Gasteiger partial charge is 0.497 e. The summed E-state index contributed by atoms with van der Waals surface area (Å²) in [6.07, 6.45) is 2.86. The van der Waals surface area contributed by atoms with Crippen LogP contribution in [0.25, 0.3) is 0 Å². The lowest BCUT2D eigenvalue weighted by molar-refractivity contribution is -0.121. The Morgan fingerprint density at radius 3 is 2.84 bits per heavy atom. The van der Waals surface area contributed by atoms with Crippen molar-refractivity contribution in [3.8, 4) is 5.75 Å². The number of benzene rings is 2. The summed E-state index contributed by atoms with van der Waals surface area (Å²) >= 11 is 0. The second kappa shape index (κ2) is 7.19. The topological polar surface area (TPSA) is 71.5 Å². The van der Waals surface area contributed by atoms with Gasteiger partial charge in [0.05, 0.1) is 24.9 Å². The van der Waals surface area contributed by atoms with Gasteiger partial charge in [-0.25, -0.2) is 4.39 Å². The molecule has 156 valence electrons. The number of hydrogen-bond acceptors (Lipinski definition) is 4. The predicted octanol–water partition coefficient (Wildman–Crippen LogP) is 3.71. The lowest BCUT2D eigenvalue weighted by atomic mass is 9.72. The number of para-hydroxylation sites is 1. The Morgan fingerprint density at radius 1 is 1.19 bits per heavy atom. The highest BCUT2D eigenvalue weighted by molar-refractivity contribution is 6.08. The van der Waals surface area contributed by atoms with E-state index in [0.29, 0.717) is 18.7 Å². The van der Waals surface area contributed by atoms with E-state index in [-0.39, 0.29) is 17.4 Å². The lowest BCUT2D eigenvalue weighted by Crippen LogP contribution is -2.42. The van der Waals surface area contributed by atoms with Crippen LogP contribution >= 0.6 is 0 Å². The zero-order valence-electron chi connectivity index (χ0n) is 16.8. The Labute approximate surface area is 178 Å². The highest BCUT2D eigenvalue weighted by atomic mass is 19.1. The third kappa shape index (κ3) is 2.88. The molecule has 2 atom stereocenters. The minimum atomic E-state index is -0.945. The second-order valence-corrected chi connectivity index (χ2v) is 7.79. The van der Waals surface area contributed by atoms with Crippen molar-refractivity contribution in [3.63, 3.8) is 0 Å². The molecule has 1 spiro atoms. The fourth-order valence-electron chi connectivity index (χ4n) is 4.88. The summed E-state index contributed by atoms with van der Waals surface area (Å²) in [6, 6.07) is 15.5. The number of amides is 2. The second-order valence-electron chi connectivity index (χ2n) is 7.79. The Balaban J connectivity index is 1.68. The van der Waals surface area contributed by atoms with Gasteiger partial charge in [-0.2, -0.15) is 0 Å². The summed E-state index contributed by atoms with van der Waals surface area (Å²) < 4.78 is 19.2. The van der Waals surface area contributed by atoms with Gasteiger partial charge in [0.1, 0.15) is 17.0 Å². The van der Waals surface area contributed by atoms with Gasteiger partial charge in [-0.3, -0.25) is 14.6 Å². The van der Waals surface area contributed by atoms with Gasteiger partial charge < -0.3 is 15.0 Å². The molecule has 3 aromatic rings. The van der Waals surface area contributed by atoms with Crippen LogP contribution in [0.3, 0.4) is 0 Å². The molecule has 2 aliphatic rings. The third-order valence-electron chi connectivity index (χ3n) is 6.21. The molecule has 31 heavy (non-hydrogen) atoms. The average Bonchev–Trinajstić information content (AvgIpc) is 3.32. The van der Waals surface area contributed by atoms with Gasteiger partial charge in [-0.05, 0) is 41.8 Å². The molecular weight excluding hydrogens is 397 g/mol. The van der Waals surface area contributed by atoms with Crippen molar-refractivity contribution >= 4 is 17.5 Å². The SMILES string of the molecule is COc1cccc([C@@H]2N(C(=O)c3cncc(F)c3)CC[C@]23C(=O)Nc2ccccc23)c1. The van der Waals surface area contributed by atoms with Crippen LogP contribution in [0.1, 0.15) is 33.9 Å². The molecule has 0 saturated carbocycles. The molecule has 1 fully saturated rings. The molecule has 5 rings (SSSR count). The zero-order chi connectivity index (χ0) is 21.6. The lowest BCUT2D eigenvalue weighted by Gasteiger charge is -2.34. The number of nitrogens with zero attached hydrogens (tertiary/aromatic N) is 2. The number of nitrogens with one attached hydrogen (secondary N) is 1. The number of aromatic nitrogens is 1. The molecule has 2 aliphatic heterocycles. The normalized spacial score (nSPS) is 21.8. The molecule has 0 aliphatic carbocycles. The van der Waals surface area contributed by atoms with E-state index in [2.05, 4.69) is 10.3 Å². The molecule has 1 saturated heterocycles. The van der Waals surface area contributed by atoms with Gasteiger partial charge in [0.2, 0.25) is 5.91 Å². The van der Waals surface area contributed by atoms with Crippen molar-refractivity contribution < 1.29 is 18.7 Å². The van der Waals surface area contributed by atoms with E-state index in [1.807, 2.05) is 48.5 Å². The summed E-state index contributed by atoms with van der Waals surface area (Å²) in [6.45, 7) is 0.346. The quantitative estimate of drug-likeness (QED) is 0.705. The van der Waals surface area contributed by atoms with Crippen LogP contribution in [0.4, 0.5) is 10.1 Å². The molecule has 6 nitrogen and oxygen atoms in total. The number of halogens is 1. The number of carbonyl (C=O) groups excluding carboxylic acids is 2. The summed E-state index contributed by atoms with van der Waals surface area (Å²) in [5, 5.41) is 2.99. The van der Waals surface area contributed by atoms with Gasteiger partial charge in [-0.15, -0.1) is 0 Å². The number of fused-ring (bicyclic) bond motifs is 2. The van der Waals surface area contributed by atoms with Crippen LogP contribution in [-0.2, 0) is 10.2 Å². The molecular formula is C24H20FN3O3. The van der Waals surface area contributed by atoms with Crippen molar-refractivity contribution in [2.24, 2.45) is 0 Å². The Morgan fingerprint density at radius 2 is 2.03 bits per heavy atom. The highest BCUT2D eigenvalue weighted by Gasteiger charge is 2.59. The Bertz CT molecular complexity index is 1200. The van der Waals surface area contributed by atoms with Gasteiger partial charge in [0, 0.05) is 18.4 Å². The van der Waals surface area contributed by atoms with Gasteiger partial charge in [-0.1, -0.05) is 30.3 Å². The first-order valence-corrected chi connectivity index (χ1v) is 10.0. The van der Waals surface area contributed by atoms with Crippen LogP contribution in [0.2, 0.25) is 0 Å². The summed E-state index contributed by atoms with van der Waals surface area (Å²) in [5.74, 6) is -0.462. The van der Waals surface area contributed by atoms with Crippen molar-refractivity contribution in [2.45, 2.75) is 17.9 Å². The maximum absolute atomic E-state index is 13.8. The first-order chi connectivity index (χ1) is 15.0. The van der Waals surface area contributed by atoms with Crippen LogP contribution in [0.5, 0.6) is 5.75 Å². The highest BCUT2D eigenvalue weighted by Crippen LogP contribution is 2.55. The van der Waals surface area contributed by atoms with Gasteiger partial charge >= 0.3 is 0 Å². The molecule has 7 heteroatoms. The molecule has 0 unspecified atom stereocenters. The smallest absolute Gasteiger partial charge is 0.256 e. The number of hydrogen-bond donors (Lipinski definition) is 1. The average molecular weight is 417 g/mol. The van der Waals surface area contributed by atoms with E-state index in [9.17, 15) is 14.0 Å². The fourth-order valence-corrected chi connectivity index (χ4v) is 4.88. The number of methoxy groups -OCH3 is 1. The maximum Gasteiger partial charge on any atom is 0.256 e. The number of carbonyl (C=O) groups is 2. The summed E-state index contributed by atoms with van der Waals surface area (Å²) in [4.78, 5) is 32.3. The molecule has 0 bridgehead atoms. The van der Waals surface area contributed by atoms with E-state index < -0.39 is 17.3 Å². The monoisotopic (exact) mass is 417 g/mol. The Hall–Kier alpha value is -3.74. The minimum absolute atomic E-state index is 0.144. The van der Waals surface area contributed by atoms with Crippen LogP contribution in [0, 0.1) is 5.82 Å². The maximum atomic E-state index is 13.8. The number of rotatable bonds is 3. The van der Waals surface area contributed by atoms with Crippen LogP contribution in [0.15, 0.2) is 67.0 Å². The van der Waals surface area contributed by atoms with E-state index in [1.54, 1.807) is 12.0 Å². The van der Waals surface area contributed by atoms with E-state index >= 15 is 0 Å². The minimum Gasteiger partial charge on any atom is -0.497 e. The van der Waals surface area contributed by atoms with Crippen molar-refractivity contribution in [3.05, 3.63) is 89.5 Å². The molecule has 3 heterocycles. The zero-order valence-corrected chi connectivity index (χ0v) is 16.8. The van der Waals surface area contributed by atoms with Crippen molar-refractivity contribution in [2.75, 3.05) is 19.0 Å². The third-order valence-corrected chi connectivity index (χ3v) is 6.21. The van der Waals surface area contributed by atoms with E-state index in [0.717, 1.165) is 23.0 Å². The summed E-state index contributed by atoms with van der Waals surface area (Å²) in [7, 11) is 1.57. The van der Waals surface area contributed by atoms with Crippen LogP contribution in [-0.4, -0.2) is 35.4 Å². The number of pyridine rings is 1. The standard InChI is InChI=1S/C24H20FN3O3/c1-31-18-6-4-5-15(12-18)21-24(19-7-2-3-8-20(19)27-23(24)30)9-10-28(21)22(29)16-11-17(25)14-26-13-16/h2-8,11-14,21H,9-10H2,1H3,(H,27,30)/t21-,24+/m0/s1. The van der Waals surface area contributed by atoms with Crippen molar-refractivity contribution in [1.29, 1.82) is 0 Å². The number of ether oxygens (including phenoxy) is 1. The molecule has 2 aromatic carbocycles. The molecule has 0 radical (unpaired) electrons. The predicted molar refractivity (Wildman–Crippen MR) is 112 cm³/mol. The van der Waals surface area contributed by atoms with E-state index in [4.69, 9.17) is 4.74 Å². The van der Waals surface area contributed by atoms with Gasteiger partial charge in [0.15, 0.2) is 0 Å². The number of anilines is 1. The number of likely N-dealkylation sites (tertiary alicyclic amines) is 1. The fraction of sp³-hybridized carbons (Fsp3) is 0.208. The Kier molecular flexibility index (Phi) is 4.46. The molecule has 2 amide bonds. The molecule has 1 aromatic heterocycles. The van der Waals surface area contributed by atoms with Crippen LogP contribution < -0.4 is 10.1 Å². The molecule has 1 N–H and O–H groups in total. The van der Waals surface area contributed by atoms with E-state index in [1.165, 1.54) is 12.3 Å². The first kappa shape index (κ1) is 19.2. The first-order valence-electron chi connectivity index (χ1n) is 10.0. The summed E-state index contributed by atoms with van der Waals surface area (Å²) in [5.41, 5.74) is 1.60. The van der Waals surface area contributed by atoms with Gasteiger partial charge in [0.25, 0.3) is 5.91 Å². The van der Waals surface area contributed by atoms with Crippen molar-refractivity contribution in [1.82, 2.24) is 9.88 Å².